The van der Waals surface area contributed by atoms with Crippen molar-refractivity contribution in [2.24, 2.45) is 5.16 Å². The van der Waals surface area contributed by atoms with Crippen molar-refractivity contribution in [3.63, 3.8) is 0 Å². The molecule has 1 N–H and O–H groups in total. The third kappa shape index (κ3) is 2.03. The molecule has 0 radical (unpaired) electrons. The third-order valence-corrected chi connectivity index (χ3v) is 3.72. The van der Waals surface area contributed by atoms with Gasteiger partial charge in [0, 0.05) is 12.8 Å². The first-order chi connectivity index (χ1) is 9.33. The Morgan fingerprint density at radius 2 is 2.11 bits per heavy atom. The van der Waals surface area contributed by atoms with E-state index < -0.39 is 0 Å². The van der Waals surface area contributed by atoms with Gasteiger partial charge in [0.05, 0.1) is 17.0 Å². The highest BCUT2D eigenvalue weighted by atomic mass is 16.5. The highest BCUT2D eigenvalue weighted by molar-refractivity contribution is 6.03. The van der Waals surface area contributed by atoms with Crippen molar-refractivity contribution in [2.75, 3.05) is 0 Å². The number of aryl methyl sites for hydroxylation is 1. The summed E-state index contributed by atoms with van der Waals surface area (Å²) >= 11 is 0. The van der Waals surface area contributed by atoms with Crippen LogP contribution < -0.4 is 0 Å². The molecule has 3 rings (SSSR count). The average molecular weight is 256 g/mol. The van der Waals surface area contributed by atoms with E-state index in [0.717, 1.165) is 36.3 Å². The lowest BCUT2D eigenvalue weighted by molar-refractivity contribution is 0.315. The van der Waals surface area contributed by atoms with Crippen LogP contribution in [-0.2, 0) is 12.8 Å². The fourth-order valence-corrected chi connectivity index (χ4v) is 2.75. The lowest BCUT2D eigenvalue weighted by Crippen LogP contribution is -2.19. The largest absolute Gasteiger partial charge is 0.411 e. The Labute approximate surface area is 111 Å². The first-order valence-corrected chi connectivity index (χ1v) is 6.57. The summed E-state index contributed by atoms with van der Waals surface area (Å²) in [7, 11) is 0. The molecule has 0 saturated carbocycles. The van der Waals surface area contributed by atoms with Crippen molar-refractivity contribution in [1.82, 2.24) is 5.16 Å². The van der Waals surface area contributed by atoms with Crippen LogP contribution in [0.4, 0.5) is 0 Å². The Morgan fingerprint density at radius 1 is 1.32 bits per heavy atom. The predicted molar refractivity (Wildman–Crippen MR) is 71.7 cm³/mol. The summed E-state index contributed by atoms with van der Waals surface area (Å²) < 4.78 is 5.42. The minimum Gasteiger partial charge on any atom is -0.411 e. The summed E-state index contributed by atoms with van der Waals surface area (Å²) in [5, 5.41) is 16.8. The molecule has 1 atom stereocenters. The molecular weight excluding hydrogens is 240 g/mol. The van der Waals surface area contributed by atoms with Gasteiger partial charge in [-0.2, -0.15) is 0 Å². The summed E-state index contributed by atoms with van der Waals surface area (Å²) in [6.45, 7) is 2.02. The molecule has 4 nitrogen and oxygen atoms in total. The minimum atomic E-state index is 0.289. The van der Waals surface area contributed by atoms with Gasteiger partial charge >= 0.3 is 0 Å². The molecule has 1 unspecified atom stereocenters. The fraction of sp³-hybridized carbons (Fsp3) is 0.333. The van der Waals surface area contributed by atoms with Crippen molar-refractivity contribution in [3.8, 4) is 0 Å². The van der Waals surface area contributed by atoms with Crippen molar-refractivity contribution < 1.29 is 9.73 Å². The summed E-state index contributed by atoms with van der Waals surface area (Å²) in [4.78, 5) is 0. The Bertz CT molecular complexity index is 602. The van der Waals surface area contributed by atoms with Gasteiger partial charge in [-0.15, -0.1) is 0 Å². The van der Waals surface area contributed by atoms with Crippen LogP contribution in [-0.4, -0.2) is 16.1 Å². The van der Waals surface area contributed by atoms with Crippen LogP contribution in [0.1, 0.15) is 41.8 Å². The topological polar surface area (TPSA) is 58.6 Å². The van der Waals surface area contributed by atoms with Gasteiger partial charge in [-0.25, -0.2) is 0 Å². The maximum absolute atomic E-state index is 9.26. The van der Waals surface area contributed by atoms with Gasteiger partial charge in [0.15, 0.2) is 0 Å². The van der Waals surface area contributed by atoms with Crippen molar-refractivity contribution in [2.45, 2.75) is 32.1 Å². The SMILES string of the molecule is CCc1noc2c1C(=NO)CC(c1ccccc1)C2. The molecule has 0 fully saturated rings. The van der Waals surface area contributed by atoms with E-state index in [0.29, 0.717) is 5.71 Å². The molecule has 1 aliphatic rings. The Kier molecular flexibility index (Phi) is 3.07. The summed E-state index contributed by atoms with van der Waals surface area (Å²) in [6.07, 6.45) is 2.32. The molecule has 0 saturated heterocycles. The summed E-state index contributed by atoms with van der Waals surface area (Å²) in [5.74, 6) is 1.13. The molecule has 1 aliphatic carbocycles. The number of hydrogen-bond acceptors (Lipinski definition) is 4. The highest BCUT2D eigenvalue weighted by Gasteiger charge is 2.31. The molecule has 1 aromatic heterocycles. The molecule has 0 bridgehead atoms. The standard InChI is InChI=1S/C15H16N2O2/c1-2-12-15-13(16-18)8-11(9-14(15)19-17-12)10-6-4-3-5-7-10/h3-7,11,18H,2,8-9H2,1H3. The van der Waals surface area contributed by atoms with Crippen LogP contribution in [0.15, 0.2) is 40.0 Å². The summed E-state index contributed by atoms with van der Waals surface area (Å²) in [5.41, 5.74) is 3.73. The normalized spacial score (nSPS) is 20.5. The number of oxime groups is 1. The number of fused-ring (bicyclic) bond motifs is 1. The van der Waals surface area contributed by atoms with E-state index in [1.54, 1.807) is 0 Å². The first kappa shape index (κ1) is 12.0. The molecule has 1 heterocycles. The number of rotatable bonds is 2. The maximum atomic E-state index is 9.26. The lowest BCUT2D eigenvalue weighted by atomic mass is 9.81. The maximum Gasteiger partial charge on any atom is 0.146 e. The van der Waals surface area contributed by atoms with Gasteiger partial charge in [0.25, 0.3) is 0 Å². The van der Waals surface area contributed by atoms with Crippen molar-refractivity contribution in [1.29, 1.82) is 0 Å². The van der Waals surface area contributed by atoms with Crippen LogP contribution in [0.25, 0.3) is 0 Å². The Morgan fingerprint density at radius 3 is 2.79 bits per heavy atom. The molecule has 1 aromatic carbocycles. The Balaban J connectivity index is 2.00. The zero-order valence-electron chi connectivity index (χ0n) is 10.8. The van der Waals surface area contributed by atoms with Crippen molar-refractivity contribution in [3.05, 3.63) is 52.9 Å². The predicted octanol–water partition coefficient (Wildman–Crippen LogP) is 3.15. The molecule has 2 aromatic rings. The molecule has 0 amide bonds. The van der Waals surface area contributed by atoms with E-state index >= 15 is 0 Å². The van der Waals surface area contributed by atoms with Gasteiger partial charge < -0.3 is 9.73 Å². The monoisotopic (exact) mass is 256 g/mol. The second kappa shape index (κ2) is 4.88. The molecular formula is C15H16N2O2. The average Bonchev–Trinajstić information content (AvgIpc) is 2.90. The van der Waals surface area contributed by atoms with Crippen LogP contribution in [0, 0.1) is 0 Å². The molecule has 0 spiro atoms. The Hall–Kier alpha value is -2.10. The minimum absolute atomic E-state index is 0.289. The quantitative estimate of drug-likeness (QED) is 0.663. The molecule has 19 heavy (non-hydrogen) atoms. The van der Waals surface area contributed by atoms with Crippen LogP contribution >= 0.6 is 0 Å². The van der Waals surface area contributed by atoms with E-state index in [2.05, 4.69) is 22.4 Å². The van der Waals surface area contributed by atoms with Gasteiger partial charge in [0.1, 0.15) is 5.76 Å². The molecule has 4 heteroatoms. The van der Waals surface area contributed by atoms with Gasteiger partial charge in [-0.1, -0.05) is 47.6 Å². The van der Waals surface area contributed by atoms with E-state index in [4.69, 9.17) is 4.52 Å². The zero-order chi connectivity index (χ0) is 13.2. The van der Waals surface area contributed by atoms with E-state index in [-0.39, 0.29) is 5.92 Å². The number of aromatic nitrogens is 1. The van der Waals surface area contributed by atoms with E-state index in [9.17, 15) is 5.21 Å². The van der Waals surface area contributed by atoms with E-state index in [1.807, 2.05) is 25.1 Å². The van der Waals surface area contributed by atoms with Gasteiger partial charge in [0.2, 0.25) is 0 Å². The summed E-state index contributed by atoms with van der Waals surface area (Å²) in [6, 6.07) is 10.3. The molecule has 0 aliphatic heterocycles. The fourth-order valence-electron chi connectivity index (χ4n) is 2.75. The number of benzene rings is 1. The second-order valence-corrected chi connectivity index (χ2v) is 4.84. The van der Waals surface area contributed by atoms with Gasteiger partial charge in [-0.05, 0) is 17.9 Å². The lowest BCUT2D eigenvalue weighted by Gasteiger charge is -2.22. The smallest absolute Gasteiger partial charge is 0.146 e. The number of hydrogen-bond donors (Lipinski definition) is 1. The number of nitrogens with zero attached hydrogens (tertiary/aromatic N) is 2. The van der Waals surface area contributed by atoms with E-state index in [1.165, 1.54) is 5.56 Å². The third-order valence-electron chi connectivity index (χ3n) is 3.72. The van der Waals surface area contributed by atoms with Crippen LogP contribution in [0.5, 0.6) is 0 Å². The first-order valence-electron chi connectivity index (χ1n) is 6.57. The van der Waals surface area contributed by atoms with Gasteiger partial charge in [-0.3, -0.25) is 0 Å². The van der Waals surface area contributed by atoms with Crippen LogP contribution in [0.2, 0.25) is 0 Å². The highest BCUT2D eigenvalue weighted by Crippen LogP contribution is 2.34. The van der Waals surface area contributed by atoms with Crippen LogP contribution in [0.3, 0.4) is 0 Å². The second-order valence-electron chi connectivity index (χ2n) is 4.84. The molecule has 98 valence electrons. The van der Waals surface area contributed by atoms with Crippen molar-refractivity contribution >= 4 is 5.71 Å². The zero-order valence-corrected chi connectivity index (χ0v) is 10.8.